The molecular formula is C21H13FO. The molecule has 0 bridgehead atoms. The van der Waals surface area contributed by atoms with Crippen LogP contribution in [-0.2, 0) is 0 Å². The van der Waals surface area contributed by atoms with Crippen molar-refractivity contribution in [1.29, 1.82) is 0 Å². The van der Waals surface area contributed by atoms with Crippen LogP contribution in [0.2, 0.25) is 0 Å². The van der Waals surface area contributed by atoms with E-state index in [1.165, 1.54) is 12.1 Å². The van der Waals surface area contributed by atoms with Gasteiger partial charge in [0.2, 0.25) is 0 Å². The van der Waals surface area contributed by atoms with Gasteiger partial charge in [0.25, 0.3) is 0 Å². The Morgan fingerprint density at radius 2 is 1.26 bits per heavy atom. The van der Waals surface area contributed by atoms with Crippen molar-refractivity contribution in [3.8, 4) is 11.1 Å². The summed E-state index contributed by atoms with van der Waals surface area (Å²) >= 11 is 0. The number of fused-ring (bicyclic) bond motifs is 2. The molecule has 0 N–H and O–H groups in total. The van der Waals surface area contributed by atoms with Crippen LogP contribution < -0.4 is 5.43 Å². The zero-order chi connectivity index (χ0) is 15.8. The minimum Gasteiger partial charge on any atom is -0.289 e. The Morgan fingerprint density at radius 3 is 2.00 bits per heavy atom. The standard InChI is InChI=1S/C21H13FO/c22-16-11-9-14(10-12-16)20-13-15-5-1-2-6-17(15)21(23)19-8-4-3-7-18(19)20/h1-13H. The Balaban J connectivity index is 2.24. The van der Waals surface area contributed by atoms with Crippen molar-refractivity contribution in [3.63, 3.8) is 0 Å². The molecule has 0 radical (unpaired) electrons. The van der Waals surface area contributed by atoms with Gasteiger partial charge in [-0.15, -0.1) is 0 Å². The summed E-state index contributed by atoms with van der Waals surface area (Å²) in [6.07, 6.45) is 0. The quantitative estimate of drug-likeness (QED) is 0.474. The summed E-state index contributed by atoms with van der Waals surface area (Å²) in [6.45, 7) is 0. The Morgan fingerprint density at radius 1 is 0.652 bits per heavy atom. The molecule has 0 saturated carbocycles. The summed E-state index contributed by atoms with van der Waals surface area (Å²) in [5.74, 6) is -0.271. The molecule has 0 unspecified atom stereocenters. The fourth-order valence-corrected chi connectivity index (χ4v) is 2.99. The molecule has 0 amide bonds. The van der Waals surface area contributed by atoms with E-state index in [2.05, 4.69) is 0 Å². The molecule has 1 nitrogen and oxygen atoms in total. The van der Waals surface area contributed by atoms with Gasteiger partial charge in [0.15, 0.2) is 5.43 Å². The molecule has 2 heteroatoms. The molecule has 0 aliphatic rings. The average molecular weight is 300 g/mol. The lowest BCUT2D eigenvalue weighted by Crippen LogP contribution is -1.97. The number of hydrogen-bond acceptors (Lipinski definition) is 1. The highest BCUT2D eigenvalue weighted by atomic mass is 19.1. The van der Waals surface area contributed by atoms with Gasteiger partial charge in [0, 0.05) is 10.8 Å². The minimum atomic E-state index is -0.271. The van der Waals surface area contributed by atoms with Crippen molar-refractivity contribution >= 4 is 21.5 Å². The summed E-state index contributed by atoms with van der Waals surface area (Å²) in [7, 11) is 0. The Labute approximate surface area is 132 Å². The van der Waals surface area contributed by atoms with Gasteiger partial charge in [0.1, 0.15) is 5.82 Å². The maximum Gasteiger partial charge on any atom is 0.194 e. The molecule has 4 rings (SSSR count). The highest BCUT2D eigenvalue weighted by Gasteiger charge is 2.08. The van der Waals surface area contributed by atoms with E-state index < -0.39 is 0 Å². The summed E-state index contributed by atoms with van der Waals surface area (Å²) in [5, 5.41) is 3.12. The molecule has 0 aliphatic carbocycles. The van der Waals surface area contributed by atoms with Crippen LogP contribution >= 0.6 is 0 Å². The van der Waals surface area contributed by atoms with Gasteiger partial charge in [-0.3, -0.25) is 4.79 Å². The normalized spacial score (nSPS) is 11.0. The second-order valence-electron chi connectivity index (χ2n) is 5.53. The minimum absolute atomic E-state index is 0.0181. The third kappa shape index (κ3) is 2.29. The molecule has 23 heavy (non-hydrogen) atoms. The average Bonchev–Trinajstić information content (AvgIpc) is 2.72. The van der Waals surface area contributed by atoms with Gasteiger partial charge in [-0.25, -0.2) is 4.39 Å². The Bertz CT molecular complexity index is 1080. The van der Waals surface area contributed by atoms with Crippen LogP contribution in [0.4, 0.5) is 4.39 Å². The summed E-state index contributed by atoms with van der Waals surface area (Å²) in [6, 6.07) is 23.5. The SMILES string of the molecule is O=c1c2ccccc2cc(-c2ccc(F)cc2)c2ccccc12. The predicted octanol–water partition coefficient (Wildman–Crippen LogP) is 5.16. The van der Waals surface area contributed by atoms with Crippen molar-refractivity contribution in [3.05, 3.63) is 94.9 Å². The maximum atomic E-state index is 13.3. The van der Waals surface area contributed by atoms with Gasteiger partial charge >= 0.3 is 0 Å². The lowest BCUT2D eigenvalue weighted by atomic mass is 10.0. The van der Waals surface area contributed by atoms with E-state index in [1.54, 1.807) is 12.1 Å². The number of halogens is 1. The first-order valence-electron chi connectivity index (χ1n) is 7.45. The lowest BCUT2D eigenvalue weighted by Gasteiger charge is -2.03. The zero-order valence-electron chi connectivity index (χ0n) is 12.3. The molecule has 0 spiro atoms. The lowest BCUT2D eigenvalue weighted by molar-refractivity contribution is 0.628. The first-order chi connectivity index (χ1) is 11.2. The molecule has 0 heterocycles. The van der Waals surface area contributed by atoms with Crippen LogP contribution in [0.5, 0.6) is 0 Å². The fraction of sp³-hybridized carbons (Fsp3) is 0. The van der Waals surface area contributed by atoms with Gasteiger partial charge in [0.05, 0.1) is 0 Å². The molecular weight excluding hydrogens is 287 g/mol. The molecule has 0 aromatic heterocycles. The second-order valence-corrected chi connectivity index (χ2v) is 5.53. The van der Waals surface area contributed by atoms with Crippen LogP contribution in [0.15, 0.2) is 83.7 Å². The largest absolute Gasteiger partial charge is 0.289 e. The second kappa shape index (κ2) is 5.33. The third-order valence-corrected chi connectivity index (χ3v) is 4.12. The summed E-state index contributed by atoms with van der Waals surface area (Å²) < 4.78 is 13.3. The van der Waals surface area contributed by atoms with E-state index in [4.69, 9.17) is 0 Å². The van der Waals surface area contributed by atoms with E-state index in [0.29, 0.717) is 10.8 Å². The van der Waals surface area contributed by atoms with Gasteiger partial charge in [-0.05, 0) is 40.1 Å². The highest BCUT2D eigenvalue weighted by molar-refractivity contribution is 6.02. The summed E-state index contributed by atoms with van der Waals surface area (Å²) in [5.41, 5.74) is 1.84. The van der Waals surface area contributed by atoms with Gasteiger partial charge in [-0.1, -0.05) is 60.7 Å². The van der Waals surface area contributed by atoms with E-state index in [-0.39, 0.29) is 11.2 Å². The van der Waals surface area contributed by atoms with E-state index >= 15 is 0 Å². The first-order valence-corrected chi connectivity index (χ1v) is 7.45. The number of hydrogen-bond donors (Lipinski definition) is 0. The smallest absolute Gasteiger partial charge is 0.194 e. The van der Waals surface area contributed by atoms with Crippen LogP contribution in [0, 0.1) is 5.82 Å². The van der Waals surface area contributed by atoms with Crippen molar-refractivity contribution in [1.82, 2.24) is 0 Å². The maximum absolute atomic E-state index is 13.3. The van der Waals surface area contributed by atoms with Crippen LogP contribution in [-0.4, -0.2) is 0 Å². The van der Waals surface area contributed by atoms with Crippen molar-refractivity contribution in [2.45, 2.75) is 0 Å². The molecule has 4 aromatic rings. The van der Waals surface area contributed by atoms with Crippen molar-refractivity contribution in [2.24, 2.45) is 0 Å². The first kappa shape index (κ1) is 13.6. The molecule has 4 aromatic carbocycles. The highest BCUT2D eigenvalue weighted by Crippen LogP contribution is 2.29. The van der Waals surface area contributed by atoms with E-state index in [0.717, 1.165) is 21.9 Å². The number of rotatable bonds is 1. The monoisotopic (exact) mass is 300 g/mol. The van der Waals surface area contributed by atoms with Crippen molar-refractivity contribution < 1.29 is 4.39 Å². The third-order valence-electron chi connectivity index (χ3n) is 4.12. The fourth-order valence-electron chi connectivity index (χ4n) is 2.99. The topological polar surface area (TPSA) is 17.1 Å². The van der Waals surface area contributed by atoms with Gasteiger partial charge < -0.3 is 0 Å². The Kier molecular flexibility index (Phi) is 3.16. The zero-order valence-corrected chi connectivity index (χ0v) is 12.3. The molecule has 0 aliphatic heterocycles. The van der Waals surface area contributed by atoms with Crippen LogP contribution in [0.3, 0.4) is 0 Å². The van der Waals surface area contributed by atoms with Crippen molar-refractivity contribution in [2.75, 3.05) is 0 Å². The molecule has 110 valence electrons. The van der Waals surface area contributed by atoms with Crippen LogP contribution in [0.1, 0.15) is 0 Å². The van der Waals surface area contributed by atoms with E-state index in [1.807, 2.05) is 54.6 Å². The van der Waals surface area contributed by atoms with Gasteiger partial charge in [-0.2, -0.15) is 0 Å². The Hall–Kier alpha value is -3.00. The van der Waals surface area contributed by atoms with E-state index in [9.17, 15) is 9.18 Å². The molecule has 0 fully saturated rings. The summed E-state index contributed by atoms with van der Waals surface area (Å²) in [4.78, 5) is 12.9. The molecule has 0 saturated heterocycles. The van der Waals surface area contributed by atoms with Crippen LogP contribution in [0.25, 0.3) is 32.7 Å². The molecule has 0 atom stereocenters. The predicted molar refractivity (Wildman–Crippen MR) is 93.1 cm³/mol. The number of benzene rings is 3.